The van der Waals surface area contributed by atoms with E-state index in [1.165, 1.54) is 0 Å². The zero-order valence-corrected chi connectivity index (χ0v) is 17.2. The number of carbonyl (C=O) groups is 2. The molecule has 0 aliphatic rings. The van der Waals surface area contributed by atoms with Gasteiger partial charge in [-0.15, -0.1) is 0 Å². The van der Waals surface area contributed by atoms with E-state index in [1.54, 1.807) is 67.8 Å². The van der Waals surface area contributed by atoms with E-state index >= 15 is 0 Å². The van der Waals surface area contributed by atoms with Crippen molar-refractivity contribution in [1.29, 1.82) is 0 Å². The predicted molar refractivity (Wildman–Crippen MR) is 116 cm³/mol. The molecule has 6 nitrogen and oxygen atoms in total. The fourth-order valence-electron chi connectivity index (χ4n) is 2.46. The fraction of sp³-hybridized carbons (Fsp3) is 0.0909. The summed E-state index contributed by atoms with van der Waals surface area (Å²) in [5.41, 5.74) is 1.72. The van der Waals surface area contributed by atoms with Crippen LogP contribution in [0.4, 0.5) is 11.4 Å². The van der Waals surface area contributed by atoms with Crippen molar-refractivity contribution >= 4 is 39.1 Å². The Bertz CT molecular complexity index is 971. The molecule has 148 valence electrons. The molecular weight excluding hydrogens is 436 g/mol. The molecule has 0 heterocycles. The van der Waals surface area contributed by atoms with E-state index in [2.05, 4.69) is 26.6 Å². The smallest absolute Gasteiger partial charge is 0.262 e. The number of rotatable bonds is 7. The maximum absolute atomic E-state index is 12.3. The Hall–Kier alpha value is -3.32. The van der Waals surface area contributed by atoms with Gasteiger partial charge in [0.2, 0.25) is 0 Å². The number of ether oxygens (including phenoxy) is 2. The van der Waals surface area contributed by atoms with Gasteiger partial charge in [0.1, 0.15) is 11.5 Å². The lowest BCUT2D eigenvalue weighted by Gasteiger charge is -2.09. The van der Waals surface area contributed by atoms with Crippen LogP contribution in [0.5, 0.6) is 11.5 Å². The number of halogens is 1. The molecule has 2 amide bonds. The average Bonchev–Trinajstić information content (AvgIpc) is 2.74. The molecule has 3 aromatic carbocycles. The Morgan fingerprint density at radius 3 is 1.97 bits per heavy atom. The molecule has 0 aliphatic heterocycles. The molecule has 0 spiro atoms. The Kier molecular flexibility index (Phi) is 6.86. The molecule has 3 rings (SSSR count). The van der Waals surface area contributed by atoms with Crippen molar-refractivity contribution in [2.45, 2.75) is 0 Å². The maximum Gasteiger partial charge on any atom is 0.262 e. The van der Waals surface area contributed by atoms with Crippen LogP contribution in [-0.2, 0) is 4.79 Å². The van der Waals surface area contributed by atoms with Gasteiger partial charge in [-0.25, -0.2) is 0 Å². The molecule has 0 saturated carbocycles. The number of hydrogen-bond acceptors (Lipinski definition) is 4. The lowest BCUT2D eigenvalue weighted by Crippen LogP contribution is -2.20. The van der Waals surface area contributed by atoms with Crippen LogP contribution in [0, 0.1) is 0 Å². The second-order valence-corrected chi connectivity index (χ2v) is 6.97. The van der Waals surface area contributed by atoms with Crippen molar-refractivity contribution in [1.82, 2.24) is 0 Å². The van der Waals surface area contributed by atoms with Crippen LogP contribution in [0.2, 0.25) is 0 Å². The number of anilines is 2. The highest BCUT2D eigenvalue weighted by Crippen LogP contribution is 2.18. The lowest BCUT2D eigenvalue weighted by molar-refractivity contribution is -0.118. The fourth-order valence-corrected chi connectivity index (χ4v) is 2.72. The van der Waals surface area contributed by atoms with E-state index in [0.717, 1.165) is 4.47 Å². The number of amides is 2. The normalized spacial score (nSPS) is 10.1. The molecule has 0 aromatic heterocycles. The Labute approximate surface area is 177 Å². The highest BCUT2D eigenvalue weighted by atomic mass is 79.9. The van der Waals surface area contributed by atoms with Gasteiger partial charge in [0.15, 0.2) is 6.61 Å². The molecule has 0 atom stereocenters. The van der Waals surface area contributed by atoms with Crippen LogP contribution in [0.25, 0.3) is 0 Å². The summed E-state index contributed by atoms with van der Waals surface area (Å²) in [6.07, 6.45) is 0. The van der Waals surface area contributed by atoms with Crippen molar-refractivity contribution in [2.75, 3.05) is 24.4 Å². The molecule has 3 aromatic rings. The minimum Gasteiger partial charge on any atom is -0.497 e. The second kappa shape index (κ2) is 9.75. The van der Waals surface area contributed by atoms with Crippen molar-refractivity contribution in [3.63, 3.8) is 0 Å². The molecule has 0 bridgehead atoms. The summed E-state index contributed by atoms with van der Waals surface area (Å²) in [7, 11) is 1.58. The van der Waals surface area contributed by atoms with Gasteiger partial charge in [-0.2, -0.15) is 0 Å². The van der Waals surface area contributed by atoms with E-state index in [4.69, 9.17) is 9.47 Å². The van der Waals surface area contributed by atoms with Crippen LogP contribution in [-0.4, -0.2) is 25.5 Å². The van der Waals surface area contributed by atoms with Gasteiger partial charge in [0.25, 0.3) is 11.8 Å². The van der Waals surface area contributed by atoms with Crippen molar-refractivity contribution in [2.24, 2.45) is 0 Å². The van der Waals surface area contributed by atoms with Gasteiger partial charge in [0.05, 0.1) is 7.11 Å². The van der Waals surface area contributed by atoms with Gasteiger partial charge < -0.3 is 20.1 Å². The zero-order valence-electron chi connectivity index (χ0n) is 15.6. The van der Waals surface area contributed by atoms with Crippen LogP contribution in [0.3, 0.4) is 0 Å². The maximum atomic E-state index is 12.3. The Morgan fingerprint density at radius 2 is 1.34 bits per heavy atom. The minimum absolute atomic E-state index is 0.110. The average molecular weight is 455 g/mol. The van der Waals surface area contributed by atoms with E-state index in [0.29, 0.717) is 28.4 Å². The van der Waals surface area contributed by atoms with Crippen LogP contribution in [0.1, 0.15) is 10.4 Å². The van der Waals surface area contributed by atoms with E-state index in [-0.39, 0.29) is 18.4 Å². The highest BCUT2D eigenvalue weighted by molar-refractivity contribution is 9.10. The first-order chi connectivity index (χ1) is 14.0. The SMILES string of the molecule is COc1ccc(NC(=O)c2ccc(NC(=O)COc3ccc(Br)cc3)cc2)cc1. The second-order valence-electron chi connectivity index (χ2n) is 6.05. The summed E-state index contributed by atoms with van der Waals surface area (Å²) >= 11 is 3.34. The minimum atomic E-state index is -0.289. The number of carbonyl (C=O) groups excluding carboxylic acids is 2. The lowest BCUT2D eigenvalue weighted by atomic mass is 10.2. The summed E-state index contributed by atoms with van der Waals surface area (Å²) in [4.78, 5) is 24.4. The molecule has 0 unspecified atom stereocenters. The predicted octanol–water partition coefficient (Wildman–Crippen LogP) is 4.73. The van der Waals surface area contributed by atoms with Gasteiger partial charge in [-0.1, -0.05) is 15.9 Å². The standard InChI is InChI=1S/C22H19BrN2O4/c1-28-19-12-8-18(9-13-19)25-22(27)15-2-6-17(7-3-15)24-21(26)14-29-20-10-4-16(23)5-11-20/h2-13H,14H2,1H3,(H,24,26)(H,25,27). The number of benzene rings is 3. The molecule has 0 radical (unpaired) electrons. The van der Waals surface area contributed by atoms with E-state index < -0.39 is 0 Å². The summed E-state index contributed by atoms with van der Waals surface area (Å²) in [6.45, 7) is -0.110. The van der Waals surface area contributed by atoms with Gasteiger partial charge in [-0.05, 0) is 72.8 Å². The summed E-state index contributed by atoms with van der Waals surface area (Å²) < 4.78 is 11.5. The largest absolute Gasteiger partial charge is 0.497 e. The number of methoxy groups -OCH3 is 1. The summed E-state index contributed by atoms with van der Waals surface area (Å²) in [5.74, 6) is 0.788. The monoisotopic (exact) mass is 454 g/mol. The summed E-state index contributed by atoms with van der Waals surface area (Å²) in [5, 5.41) is 5.54. The first-order valence-electron chi connectivity index (χ1n) is 8.77. The van der Waals surface area contributed by atoms with E-state index in [9.17, 15) is 9.59 Å². The van der Waals surface area contributed by atoms with Crippen molar-refractivity contribution in [3.8, 4) is 11.5 Å². The first kappa shape index (κ1) is 20.4. The van der Waals surface area contributed by atoms with Gasteiger partial charge >= 0.3 is 0 Å². The molecular formula is C22H19BrN2O4. The van der Waals surface area contributed by atoms with Crippen LogP contribution in [0.15, 0.2) is 77.3 Å². The van der Waals surface area contributed by atoms with Crippen molar-refractivity contribution in [3.05, 3.63) is 82.8 Å². The number of nitrogens with one attached hydrogen (secondary N) is 2. The third-order valence-electron chi connectivity index (χ3n) is 3.96. The highest BCUT2D eigenvalue weighted by Gasteiger charge is 2.08. The zero-order chi connectivity index (χ0) is 20.6. The Balaban J connectivity index is 1.51. The van der Waals surface area contributed by atoms with Gasteiger partial charge in [-0.3, -0.25) is 9.59 Å². The number of hydrogen-bond donors (Lipinski definition) is 2. The third kappa shape index (κ3) is 6.08. The molecule has 29 heavy (non-hydrogen) atoms. The van der Waals surface area contributed by atoms with Gasteiger partial charge in [0, 0.05) is 21.4 Å². The molecule has 0 aliphatic carbocycles. The van der Waals surface area contributed by atoms with Crippen LogP contribution >= 0.6 is 15.9 Å². The Morgan fingerprint density at radius 1 is 0.793 bits per heavy atom. The topological polar surface area (TPSA) is 76.7 Å². The molecule has 7 heteroatoms. The van der Waals surface area contributed by atoms with Crippen LogP contribution < -0.4 is 20.1 Å². The third-order valence-corrected chi connectivity index (χ3v) is 4.49. The van der Waals surface area contributed by atoms with E-state index in [1.807, 2.05) is 12.1 Å². The quantitative estimate of drug-likeness (QED) is 0.540. The molecule has 2 N–H and O–H groups in total. The molecule has 0 saturated heterocycles. The summed E-state index contributed by atoms with van der Waals surface area (Å²) in [6, 6.07) is 20.9. The van der Waals surface area contributed by atoms with Crippen molar-refractivity contribution < 1.29 is 19.1 Å². The molecule has 0 fully saturated rings. The first-order valence-corrected chi connectivity index (χ1v) is 9.56.